The van der Waals surface area contributed by atoms with Crippen molar-refractivity contribution in [3.05, 3.63) is 29.3 Å². The van der Waals surface area contributed by atoms with Gasteiger partial charge in [0.05, 0.1) is 0 Å². The first-order chi connectivity index (χ1) is 12.3. The number of piperidine rings is 2. The normalized spacial score (nSPS) is 29.7. The third-order valence-electron chi connectivity index (χ3n) is 6.96. The van der Waals surface area contributed by atoms with Crippen LogP contribution in [0.25, 0.3) is 0 Å². The Hall–Kier alpha value is -1.55. The van der Waals surface area contributed by atoms with Gasteiger partial charge in [0.2, 0.25) is 5.91 Å². The minimum Gasteiger partial charge on any atom is -0.508 e. The number of nitrogens with zero attached hydrogens (tertiary/aromatic N) is 2. The molecule has 1 N–H and O–H groups in total. The van der Waals surface area contributed by atoms with Crippen molar-refractivity contribution in [2.24, 2.45) is 11.8 Å². The molecule has 4 heteroatoms. The SMILES string of the molecule is CCc1ccc(O)cc1[C@@]12CCN(C(=O)C(C)C)C[C@H]1C(C)N(C)CC2. The van der Waals surface area contributed by atoms with Gasteiger partial charge in [-0.15, -0.1) is 0 Å². The van der Waals surface area contributed by atoms with Crippen LogP contribution in [0.4, 0.5) is 0 Å². The van der Waals surface area contributed by atoms with E-state index < -0.39 is 0 Å². The minimum absolute atomic E-state index is 0.0473. The van der Waals surface area contributed by atoms with Crippen molar-refractivity contribution in [3.63, 3.8) is 0 Å². The van der Waals surface area contributed by atoms with Gasteiger partial charge < -0.3 is 14.9 Å². The van der Waals surface area contributed by atoms with E-state index in [1.54, 1.807) is 0 Å². The van der Waals surface area contributed by atoms with Crippen LogP contribution in [-0.4, -0.2) is 53.5 Å². The molecule has 2 saturated heterocycles. The molecule has 0 aromatic heterocycles. The Morgan fingerprint density at radius 3 is 2.65 bits per heavy atom. The molecule has 0 bridgehead atoms. The number of carbonyl (C=O) groups is 1. The summed E-state index contributed by atoms with van der Waals surface area (Å²) in [7, 11) is 2.20. The number of fused-ring (bicyclic) bond motifs is 1. The number of rotatable bonds is 3. The van der Waals surface area contributed by atoms with Gasteiger partial charge in [0.25, 0.3) is 0 Å². The fraction of sp³-hybridized carbons (Fsp3) is 0.682. The van der Waals surface area contributed by atoms with Crippen molar-refractivity contribution < 1.29 is 9.90 Å². The zero-order valence-electron chi connectivity index (χ0n) is 17.0. The number of amides is 1. The van der Waals surface area contributed by atoms with Crippen LogP contribution in [0.15, 0.2) is 18.2 Å². The van der Waals surface area contributed by atoms with Crippen LogP contribution in [0.2, 0.25) is 0 Å². The van der Waals surface area contributed by atoms with E-state index in [4.69, 9.17) is 0 Å². The van der Waals surface area contributed by atoms with Crippen molar-refractivity contribution in [1.82, 2.24) is 9.80 Å². The Kier molecular flexibility index (Phi) is 5.34. The van der Waals surface area contributed by atoms with Crippen molar-refractivity contribution in [1.29, 1.82) is 0 Å². The number of phenols is 1. The Bertz CT molecular complexity index is 672. The van der Waals surface area contributed by atoms with Crippen molar-refractivity contribution in [2.75, 3.05) is 26.7 Å². The molecule has 1 unspecified atom stereocenters. The van der Waals surface area contributed by atoms with Crippen LogP contribution >= 0.6 is 0 Å². The molecule has 2 heterocycles. The molecule has 0 saturated carbocycles. The maximum Gasteiger partial charge on any atom is 0.225 e. The summed E-state index contributed by atoms with van der Waals surface area (Å²) in [5.74, 6) is 1.07. The van der Waals surface area contributed by atoms with Crippen LogP contribution in [0.5, 0.6) is 5.75 Å². The van der Waals surface area contributed by atoms with Crippen LogP contribution < -0.4 is 0 Å². The number of carbonyl (C=O) groups excluding carboxylic acids is 1. The first-order valence-electron chi connectivity index (χ1n) is 10.1. The highest BCUT2D eigenvalue weighted by molar-refractivity contribution is 5.78. The first kappa shape index (κ1) is 19.2. The minimum atomic E-state index is 0.0473. The molecule has 144 valence electrons. The quantitative estimate of drug-likeness (QED) is 0.900. The number of hydrogen-bond donors (Lipinski definition) is 1. The smallest absolute Gasteiger partial charge is 0.225 e. The van der Waals surface area contributed by atoms with Crippen molar-refractivity contribution in [2.45, 2.75) is 58.4 Å². The molecule has 1 aromatic carbocycles. The van der Waals surface area contributed by atoms with Gasteiger partial charge >= 0.3 is 0 Å². The second-order valence-electron chi connectivity index (χ2n) is 8.62. The largest absolute Gasteiger partial charge is 0.508 e. The van der Waals surface area contributed by atoms with Crippen LogP contribution in [0.3, 0.4) is 0 Å². The van der Waals surface area contributed by atoms with Crippen molar-refractivity contribution in [3.8, 4) is 5.75 Å². The van der Waals surface area contributed by atoms with Crippen molar-refractivity contribution >= 4 is 5.91 Å². The van der Waals surface area contributed by atoms with Gasteiger partial charge in [0, 0.05) is 36.4 Å². The summed E-state index contributed by atoms with van der Waals surface area (Å²) in [6.07, 6.45) is 3.06. The Morgan fingerprint density at radius 1 is 1.31 bits per heavy atom. The highest BCUT2D eigenvalue weighted by Crippen LogP contribution is 2.49. The lowest BCUT2D eigenvalue weighted by Crippen LogP contribution is -2.62. The molecule has 0 aliphatic carbocycles. The summed E-state index contributed by atoms with van der Waals surface area (Å²) in [5, 5.41) is 10.2. The molecule has 4 nitrogen and oxygen atoms in total. The van der Waals surface area contributed by atoms with Gasteiger partial charge in [0.1, 0.15) is 5.75 Å². The topological polar surface area (TPSA) is 43.8 Å². The summed E-state index contributed by atoms with van der Waals surface area (Å²) < 4.78 is 0. The van der Waals surface area contributed by atoms with Gasteiger partial charge in [-0.2, -0.15) is 0 Å². The van der Waals surface area contributed by atoms with E-state index in [1.165, 1.54) is 11.1 Å². The molecule has 0 spiro atoms. The van der Waals surface area contributed by atoms with Gasteiger partial charge in [-0.3, -0.25) is 4.79 Å². The molecule has 1 aromatic rings. The average Bonchev–Trinajstić information content (AvgIpc) is 2.64. The maximum absolute atomic E-state index is 12.7. The summed E-state index contributed by atoms with van der Waals surface area (Å²) >= 11 is 0. The maximum atomic E-state index is 12.7. The van der Waals surface area contributed by atoms with Gasteiger partial charge in [-0.25, -0.2) is 0 Å². The highest BCUT2D eigenvalue weighted by Gasteiger charge is 2.51. The predicted octanol–water partition coefficient (Wildman–Crippen LogP) is 3.42. The number of hydrogen-bond acceptors (Lipinski definition) is 3. The third kappa shape index (κ3) is 3.13. The number of aromatic hydroxyl groups is 1. The second kappa shape index (κ2) is 7.22. The molecule has 2 aliphatic heterocycles. The lowest BCUT2D eigenvalue weighted by Gasteiger charge is -2.56. The number of benzene rings is 1. The zero-order chi connectivity index (χ0) is 19.1. The zero-order valence-corrected chi connectivity index (χ0v) is 17.0. The number of phenolic OH excluding ortho intramolecular Hbond substituents is 1. The Morgan fingerprint density at radius 2 is 2.00 bits per heavy atom. The monoisotopic (exact) mass is 358 g/mol. The molecule has 2 aliphatic rings. The van der Waals surface area contributed by atoms with E-state index in [2.05, 4.69) is 36.8 Å². The summed E-state index contributed by atoms with van der Waals surface area (Å²) in [5.41, 5.74) is 2.72. The van der Waals surface area contributed by atoms with Crippen LogP contribution in [-0.2, 0) is 16.6 Å². The molecule has 1 amide bonds. The standard InChI is InChI=1S/C22H34N2O2/c1-6-17-7-8-18(25)13-19(17)22-9-11-23(5)16(4)20(22)14-24(12-10-22)21(26)15(2)3/h7-8,13,15-16,20,25H,6,9-12,14H2,1-5H3/t16?,20-,22+/m0/s1. The Balaban J connectivity index is 2.04. The lowest BCUT2D eigenvalue weighted by atomic mass is 9.58. The van der Waals surface area contributed by atoms with E-state index in [1.807, 2.05) is 26.0 Å². The summed E-state index contributed by atoms with van der Waals surface area (Å²) in [6, 6.07) is 6.32. The highest BCUT2D eigenvalue weighted by atomic mass is 16.3. The fourth-order valence-electron chi connectivity index (χ4n) is 5.21. The summed E-state index contributed by atoms with van der Waals surface area (Å²) in [4.78, 5) is 17.2. The van der Waals surface area contributed by atoms with E-state index in [-0.39, 0.29) is 17.2 Å². The fourth-order valence-corrected chi connectivity index (χ4v) is 5.21. The van der Waals surface area contributed by atoms with Gasteiger partial charge in [0.15, 0.2) is 0 Å². The van der Waals surface area contributed by atoms with E-state index >= 15 is 0 Å². The second-order valence-corrected chi connectivity index (χ2v) is 8.62. The van der Waals surface area contributed by atoms with Crippen LogP contribution in [0, 0.1) is 11.8 Å². The van der Waals surface area contributed by atoms with E-state index in [0.717, 1.165) is 38.9 Å². The summed E-state index contributed by atoms with van der Waals surface area (Å²) in [6.45, 7) is 11.2. The molecule has 0 radical (unpaired) electrons. The Labute approximate surface area is 158 Å². The number of likely N-dealkylation sites (tertiary alicyclic amines) is 2. The third-order valence-corrected chi connectivity index (χ3v) is 6.96. The van der Waals surface area contributed by atoms with E-state index in [0.29, 0.717) is 17.7 Å². The first-order valence-corrected chi connectivity index (χ1v) is 10.1. The lowest BCUT2D eigenvalue weighted by molar-refractivity contribution is -0.139. The predicted molar refractivity (Wildman–Crippen MR) is 105 cm³/mol. The average molecular weight is 359 g/mol. The molecule has 3 rings (SSSR count). The van der Waals surface area contributed by atoms with Gasteiger partial charge in [-0.1, -0.05) is 26.8 Å². The van der Waals surface area contributed by atoms with Gasteiger partial charge in [-0.05, 0) is 63.0 Å². The molecule has 26 heavy (non-hydrogen) atoms. The molecular weight excluding hydrogens is 324 g/mol. The molecular formula is C22H34N2O2. The molecule has 2 fully saturated rings. The van der Waals surface area contributed by atoms with E-state index in [9.17, 15) is 9.90 Å². The molecule has 3 atom stereocenters. The van der Waals surface area contributed by atoms with Crippen LogP contribution in [0.1, 0.15) is 51.7 Å². The number of aryl methyl sites for hydroxylation is 1.